The topological polar surface area (TPSA) is 57.5 Å². The second kappa shape index (κ2) is 4.96. The Morgan fingerprint density at radius 1 is 1.43 bits per heavy atom. The molecule has 0 aliphatic carbocycles. The van der Waals surface area contributed by atoms with Crippen molar-refractivity contribution in [3.05, 3.63) is 0 Å². The predicted octanol–water partition coefficient (Wildman–Crippen LogP) is -0.715. The van der Waals surface area contributed by atoms with E-state index in [-0.39, 0.29) is 28.6 Å². The summed E-state index contributed by atoms with van der Waals surface area (Å²) in [6.07, 6.45) is 0. The van der Waals surface area contributed by atoms with Crippen molar-refractivity contribution in [1.29, 1.82) is 0 Å². The molecule has 2 N–H and O–H groups in total. The van der Waals surface area contributed by atoms with E-state index in [0.29, 0.717) is 0 Å². The van der Waals surface area contributed by atoms with Crippen molar-refractivity contribution < 1.29 is 23.3 Å². The van der Waals surface area contributed by atoms with Gasteiger partial charge in [0.25, 0.3) is 0 Å². The molecule has 0 bridgehead atoms. The zero-order valence-electron chi connectivity index (χ0n) is 3.24. The summed E-state index contributed by atoms with van der Waals surface area (Å²) in [4.78, 5) is 13.9. The van der Waals surface area contributed by atoms with Gasteiger partial charge in [0.15, 0.2) is 0 Å². The molecular weight excluding hydrogens is 236 g/mol. The average molecular weight is 241 g/mol. The maximum atomic E-state index is 10.4. The fraction of sp³-hybridized carbons (Fsp3) is 0. The van der Waals surface area contributed by atoms with Gasteiger partial charge in [0.2, 0.25) is 0 Å². The molecule has 0 amide bonds. The molecule has 0 saturated carbocycles. The third-order valence-corrected chi connectivity index (χ3v) is 0. The Labute approximate surface area is 55.5 Å². The first-order valence-corrected chi connectivity index (χ1v) is 2.25. The van der Waals surface area contributed by atoms with Crippen molar-refractivity contribution in [2.45, 2.75) is 0 Å². The van der Waals surface area contributed by atoms with Crippen molar-refractivity contribution >= 4 is 31.8 Å². The maximum absolute atomic E-state index is 10.4. The summed E-state index contributed by atoms with van der Waals surface area (Å²) in [6.45, 7) is 0. The van der Waals surface area contributed by atoms with E-state index in [0.717, 1.165) is 0 Å². The van der Waals surface area contributed by atoms with Crippen LogP contribution in [-0.4, -0.2) is 33.7 Å². The van der Waals surface area contributed by atoms with Crippen LogP contribution in [0.1, 0.15) is 0 Å². The number of halogens is 2. The molecule has 3 nitrogen and oxygen atoms in total. The molecule has 0 fully saturated rings. The van der Waals surface area contributed by atoms with Gasteiger partial charge < -0.3 is 0 Å². The molecular formula is H5F2O3PSn. The second-order valence-electron chi connectivity index (χ2n) is 0.473. The fourth-order valence-electron chi connectivity index (χ4n) is 0. The Balaban J connectivity index is -0.0000000800. The van der Waals surface area contributed by atoms with Crippen LogP contribution in [0.3, 0.4) is 0 Å². The summed E-state index contributed by atoms with van der Waals surface area (Å²) in [5, 5.41) is 0. The van der Waals surface area contributed by atoms with Gasteiger partial charge in [-0.1, -0.05) is 0 Å². The molecule has 0 unspecified atom stereocenters. The number of hydrogen-bond donors (Lipinski definition) is 2. The molecule has 0 heterocycles. The first kappa shape index (κ1) is 15.7. The second-order valence-corrected chi connectivity index (χ2v) is 1.42. The monoisotopic (exact) mass is 242 g/mol. The van der Waals surface area contributed by atoms with Crippen LogP contribution in [-0.2, 0) is 4.57 Å². The third kappa shape index (κ3) is 241. The van der Waals surface area contributed by atoms with E-state index < -0.39 is 7.91 Å². The van der Waals surface area contributed by atoms with Gasteiger partial charge in [0.05, 0.1) is 0 Å². The van der Waals surface area contributed by atoms with E-state index in [2.05, 4.69) is 0 Å². The van der Waals surface area contributed by atoms with Gasteiger partial charge in [-0.3, -0.25) is 14.5 Å². The first-order chi connectivity index (χ1) is 2.00. The summed E-state index contributed by atoms with van der Waals surface area (Å²) < 4.78 is 19.0. The van der Waals surface area contributed by atoms with Crippen molar-refractivity contribution in [3.8, 4) is 0 Å². The fourth-order valence-corrected chi connectivity index (χ4v) is 0. The Bertz CT molecular complexity index is 59.1. The van der Waals surface area contributed by atoms with Gasteiger partial charge >= 0.3 is 31.8 Å². The van der Waals surface area contributed by atoms with E-state index in [1.165, 1.54) is 0 Å². The van der Waals surface area contributed by atoms with Gasteiger partial charge in [-0.25, -0.2) is 4.57 Å². The minimum absolute atomic E-state index is 0. The molecule has 0 spiro atoms. The molecule has 0 aromatic heterocycles. The van der Waals surface area contributed by atoms with Gasteiger partial charge in [-0.05, 0) is 0 Å². The van der Waals surface area contributed by atoms with E-state index in [9.17, 15) is 4.20 Å². The minimum atomic E-state index is -5.14. The van der Waals surface area contributed by atoms with Crippen LogP contribution in [0.4, 0.5) is 8.90 Å². The molecule has 0 aliphatic rings. The summed E-state index contributed by atoms with van der Waals surface area (Å²) in [6, 6.07) is 0. The third-order valence-electron chi connectivity index (χ3n) is 0. The van der Waals surface area contributed by atoms with Crippen LogP contribution in [0, 0.1) is 0 Å². The Morgan fingerprint density at radius 2 is 1.43 bits per heavy atom. The van der Waals surface area contributed by atoms with Crippen LogP contribution in [0.5, 0.6) is 0 Å². The van der Waals surface area contributed by atoms with Crippen molar-refractivity contribution in [1.82, 2.24) is 0 Å². The van der Waals surface area contributed by atoms with E-state index in [1.807, 2.05) is 0 Å². The van der Waals surface area contributed by atoms with E-state index >= 15 is 0 Å². The predicted molar refractivity (Wildman–Crippen MR) is 24.2 cm³/mol. The van der Waals surface area contributed by atoms with Crippen molar-refractivity contribution in [2.24, 2.45) is 0 Å². The molecule has 0 aromatic carbocycles. The van der Waals surface area contributed by atoms with E-state index in [4.69, 9.17) is 14.4 Å². The Kier molecular flexibility index (Phi) is 11.1. The van der Waals surface area contributed by atoms with Gasteiger partial charge in [0.1, 0.15) is 0 Å². The van der Waals surface area contributed by atoms with Crippen LogP contribution >= 0.6 is 7.91 Å². The summed E-state index contributed by atoms with van der Waals surface area (Å²) >= 11 is 0. The van der Waals surface area contributed by atoms with Crippen molar-refractivity contribution in [3.63, 3.8) is 0 Å². The molecule has 0 aliphatic heterocycles. The zero-order valence-corrected chi connectivity index (χ0v) is 8.17. The molecule has 0 rings (SSSR count). The first-order valence-electron chi connectivity index (χ1n) is 0.752. The summed E-state index contributed by atoms with van der Waals surface area (Å²) in [7, 11) is -5.14. The summed E-state index contributed by atoms with van der Waals surface area (Å²) in [5.74, 6) is 0. The molecule has 0 aromatic rings. The van der Waals surface area contributed by atoms with Crippen LogP contribution in [0.15, 0.2) is 0 Å². The van der Waals surface area contributed by atoms with Crippen LogP contribution < -0.4 is 0 Å². The quantitative estimate of drug-likeness (QED) is 0.434. The molecule has 0 saturated heterocycles. The van der Waals surface area contributed by atoms with Gasteiger partial charge in [-0.15, -0.1) is 4.20 Å². The zero-order chi connectivity index (χ0) is 4.50. The molecule has 0 atom stereocenters. The van der Waals surface area contributed by atoms with Crippen LogP contribution in [0.2, 0.25) is 0 Å². The van der Waals surface area contributed by atoms with Crippen molar-refractivity contribution in [2.75, 3.05) is 0 Å². The Morgan fingerprint density at radius 3 is 1.43 bits per heavy atom. The SMILES string of the molecule is F.O=P(O)(O)F.[SnH2]. The summed E-state index contributed by atoms with van der Waals surface area (Å²) in [5.41, 5.74) is 0. The Hall–Kier alpha value is 0.809. The average Bonchev–Trinajstić information content (AvgIpc) is 0.722. The molecule has 2 radical (unpaired) electrons. The molecule has 7 heavy (non-hydrogen) atoms. The standard InChI is InChI=1S/FH2O3P.FH.Sn.2H/c1-5(2,3)4;;;;/h(H2,2,3,4);1H;;;. The van der Waals surface area contributed by atoms with Gasteiger partial charge in [0, 0.05) is 0 Å². The molecule has 46 valence electrons. The van der Waals surface area contributed by atoms with Crippen LogP contribution in [0.25, 0.3) is 0 Å². The normalized spacial score (nSPS) is 8.43. The number of hydrogen-bond acceptors (Lipinski definition) is 1. The van der Waals surface area contributed by atoms with Gasteiger partial charge in [-0.2, -0.15) is 0 Å². The van der Waals surface area contributed by atoms with E-state index in [1.54, 1.807) is 0 Å². The number of rotatable bonds is 0. The molecule has 7 heteroatoms.